The molecular formula is C18H20N6O. The molecule has 0 amide bonds. The highest BCUT2D eigenvalue weighted by Crippen LogP contribution is 2.36. The molecule has 7 heteroatoms. The molecule has 0 aliphatic heterocycles. The van der Waals surface area contributed by atoms with Crippen LogP contribution >= 0.6 is 0 Å². The van der Waals surface area contributed by atoms with E-state index in [1.807, 2.05) is 41.2 Å². The van der Waals surface area contributed by atoms with Gasteiger partial charge < -0.3 is 16.2 Å². The first kappa shape index (κ1) is 15.6. The first-order valence-corrected chi connectivity index (χ1v) is 8.33. The van der Waals surface area contributed by atoms with Gasteiger partial charge in [0.05, 0.1) is 17.5 Å². The minimum absolute atomic E-state index is 0.224. The Morgan fingerprint density at radius 2 is 2.04 bits per heavy atom. The Morgan fingerprint density at radius 1 is 1.20 bits per heavy atom. The van der Waals surface area contributed by atoms with Gasteiger partial charge in [-0.25, -0.2) is 9.67 Å². The number of para-hydroxylation sites is 1. The van der Waals surface area contributed by atoms with E-state index in [4.69, 9.17) is 5.73 Å². The highest BCUT2D eigenvalue weighted by atomic mass is 16.3. The van der Waals surface area contributed by atoms with Gasteiger partial charge in [0.1, 0.15) is 5.82 Å². The van der Waals surface area contributed by atoms with Crippen molar-refractivity contribution in [3.05, 3.63) is 60.0 Å². The van der Waals surface area contributed by atoms with E-state index in [-0.39, 0.29) is 18.0 Å². The number of aliphatic hydroxyl groups is 1. The van der Waals surface area contributed by atoms with Crippen LogP contribution in [0.15, 0.2) is 48.8 Å². The van der Waals surface area contributed by atoms with Crippen molar-refractivity contribution in [3.63, 3.8) is 0 Å². The second kappa shape index (κ2) is 6.52. The van der Waals surface area contributed by atoms with Gasteiger partial charge in [0.2, 0.25) is 5.95 Å². The number of hydrogen-bond donors (Lipinski definition) is 3. The standard InChI is InChI=1S/C18H20N6O/c19-18-22-15(13-8-14(25)9-13)10-17(23-18)20-11-12-4-1-2-5-16(12)24-7-3-6-21-24/h1-7,10,13-14,25H,8-9,11H2,(H3,19,20,22,23). The molecule has 1 fully saturated rings. The first-order valence-electron chi connectivity index (χ1n) is 8.33. The van der Waals surface area contributed by atoms with E-state index < -0.39 is 0 Å². The molecule has 0 saturated heterocycles. The molecule has 1 aromatic carbocycles. The van der Waals surface area contributed by atoms with E-state index in [2.05, 4.69) is 26.4 Å². The Bertz CT molecular complexity index is 858. The van der Waals surface area contributed by atoms with Crippen molar-refractivity contribution >= 4 is 11.8 Å². The second-order valence-electron chi connectivity index (χ2n) is 6.29. The lowest BCUT2D eigenvalue weighted by Crippen LogP contribution is -2.27. The molecule has 2 heterocycles. The number of anilines is 2. The number of nitrogens with one attached hydrogen (secondary N) is 1. The van der Waals surface area contributed by atoms with Crippen LogP contribution < -0.4 is 11.1 Å². The Kier molecular flexibility index (Phi) is 4.07. The molecule has 1 aliphatic rings. The fraction of sp³-hybridized carbons (Fsp3) is 0.278. The summed E-state index contributed by atoms with van der Waals surface area (Å²) in [6, 6.07) is 11.9. The van der Waals surface area contributed by atoms with Crippen LogP contribution in [0.2, 0.25) is 0 Å². The molecular weight excluding hydrogens is 316 g/mol. The molecule has 0 unspecified atom stereocenters. The molecule has 0 radical (unpaired) electrons. The van der Waals surface area contributed by atoms with E-state index in [0.717, 1.165) is 29.8 Å². The van der Waals surface area contributed by atoms with Gasteiger partial charge in [-0.1, -0.05) is 18.2 Å². The minimum Gasteiger partial charge on any atom is -0.393 e. The lowest BCUT2D eigenvalue weighted by molar-refractivity contribution is 0.0732. The number of aliphatic hydroxyl groups excluding tert-OH is 1. The lowest BCUT2D eigenvalue weighted by atomic mass is 9.80. The Morgan fingerprint density at radius 3 is 2.80 bits per heavy atom. The van der Waals surface area contributed by atoms with Crippen LogP contribution in [0.25, 0.3) is 5.69 Å². The summed E-state index contributed by atoms with van der Waals surface area (Å²) in [6.07, 6.45) is 4.92. The molecule has 7 nitrogen and oxygen atoms in total. The number of rotatable bonds is 5. The van der Waals surface area contributed by atoms with E-state index in [0.29, 0.717) is 12.4 Å². The first-order chi connectivity index (χ1) is 12.2. The Hall–Kier alpha value is -2.93. The van der Waals surface area contributed by atoms with Crippen LogP contribution in [0.4, 0.5) is 11.8 Å². The third kappa shape index (κ3) is 3.32. The largest absolute Gasteiger partial charge is 0.393 e. The smallest absolute Gasteiger partial charge is 0.222 e. The molecule has 1 saturated carbocycles. The van der Waals surface area contributed by atoms with Gasteiger partial charge >= 0.3 is 0 Å². The zero-order chi connectivity index (χ0) is 17.2. The van der Waals surface area contributed by atoms with Crippen LogP contribution in [0.5, 0.6) is 0 Å². The fourth-order valence-electron chi connectivity index (χ4n) is 3.10. The van der Waals surface area contributed by atoms with Crippen molar-refractivity contribution in [1.29, 1.82) is 0 Å². The van der Waals surface area contributed by atoms with E-state index >= 15 is 0 Å². The Balaban J connectivity index is 1.52. The van der Waals surface area contributed by atoms with Gasteiger partial charge in [-0.3, -0.25) is 0 Å². The van der Waals surface area contributed by atoms with Gasteiger partial charge in [-0.15, -0.1) is 0 Å². The zero-order valence-corrected chi connectivity index (χ0v) is 13.7. The van der Waals surface area contributed by atoms with Crippen molar-refractivity contribution in [1.82, 2.24) is 19.7 Å². The van der Waals surface area contributed by atoms with Crippen molar-refractivity contribution < 1.29 is 5.11 Å². The van der Waals surface area contributed by atoms with E-state index in [9.17, 15) is 5.11 Å². The summed E-state index contributed by atoms with van der Waals surface area (Å²) in [7, 11) is 0. The summed E-state index contributed by atoms with van der Waals surface area (Å²) in [6.45, 7) is 0.596. The number of hydrogen-bond acceptors (Lipinski definition) is 6. The molecule has 1 aliphatic carbocycles. The third-order valence-corrected chi connectivity index (χ3v) is 4.50. The summed E-state index contributed by atoms with van der Waals surface area (Å²) < 4.78 is 1.84. The van der Waals surface area contributed by atoms with Crippen LogP contribution in [0, 0.1) is 0 Å². The van der Waals surface area contributed by atoms with Crippen molar-refractivity contribution in [3.8, 4) is 5.69 Å². The molecule has 4 rings (SSSR count). The van der Waals surface area contributed by atoms with Crippen molar-refractivity contribution in [2.75, 3.05) is 11.1 Å². The molecule has 128 valence electrons. The van der Waals surface area contributed by atoms with Crippen LogP contribution in [-0.2, 0) is 6.54 Å². The van der Waals surface area contributed by atoms with Gasteiger partial charge in [-0.05, 0) is 30.5 Å². The number of nitrogens with two attached hydrogens (primary N) is 1. The molecule has 4 N–H and O–H groups in total. The van der Waals surface area contributed by atoms with E-state index in [1.165, 1.54) is 0 Å². The molecule has 3 aromatic rings. The van der Waals surface area contributed by atoms with E-state index in [1.54, 1.807) is 6.20 Å². The van der Waals surface area contributed by atoms with Gasteiger partial charge in [0.25, 0.3) is 0 Å². The monoisotopic (exact) mass is 336 g/mol. The maximum absolute atomic E-state index is 9.49. The fourth-order valence-corrected chi connectivity index (χ4v) is 3.10. The number of nitrogens with zero attached hydrogens (tertiary/aromatic N) is 4. The average Bonchev–Trinajstić information content (AvgIpc) is 3.11. The summed E-state index contributed by atoms with van der Waals surface area (Å²) in [4.78, 5) is 8.58. The number of nitrogen functional groups attached to an aromatic ring is 1. The maximum atomic E-state index is 9.49. The lowest BCUT2D eigenvalue weighted by Gasteiger charge is -2.31. The summed E-state index contributed by atoms with van der Waals surface area (Å²) in [5, 5.41) is 17.1. The maximum Gasteiger partial charge on any atom is 0.222 e. The van der Waals surface area contributed by atoms with Gasteiger partial charge in [0.15, 0.2) is 0 Å². The predicted molar refractivity (Wildman–Crippen MR) is 95.3 cm³/mol. The Labute approximate surface area is 145 Å². The van der Waals surface area contributed by atoms with Crippen LogP contribution in [0.1, 0.15) is 30.0 Å². The van der Waals surface area contributed by atoms with Crippen LogP contribution in [-0.4, -0.2) is 31.0 Å². The predicted octanol–water partition coefficient (Wildman–Crippen LogP) is 2.09. The average molecular weight is 336 g/mol. The number of benzene rings is 1. The molecule has 25 heavy (non-hydrogen) atoms. The quantitative estimate of drug-likeness (QED) is 0.659. The topological polar surface area (TPSA) is 102 Å². The highest BCUT2D eigenvalue weighted by Gasteiger charge is 2.30. The van der Waals surface area contributed by atoms with Crippen LogP contribution in [0.3, 0.4) is 0 Å². The molecule has 0 spiro atoms. The van der Waals surface area contributed by atoms with Crippen molar-refractivity contribution in [2.45, 2.75) is 31.4 Å². The third-order valence-electron chi connectivity index (χ3n) is 4.50. The SMILES string of the molecule is Nc1nc(NCc2ccccc2-n2cccn2)cc(C2CC(O)C2)n1. The van der Waals surface area contributed by atoms with Gasteiger partial charge in [0, 0.05) is 30.9 Å². The highest BCUT2D eigenvalue weighted by molar-refractivity contribution is 5.46. The normalized spacial score (nSPS) is 19.4. The minimum atomic E-state index is -0.224. The molecule has 2 aromatic heterocycles. The van der Waals surface area contributed by atoms with Gasteiger partial charge in [-0.2, -0.15) is 10.1 Å². The summed E-state index contributed by atoms with van der Waals surface area (Å²) in [5.74, 6) is 1.21. The zero-order valence-electron chi connectivity index (χ0n) is 13.7. The molecule has 0 bridgehead atoms. The van der Waals surface area contributed by atoms with Crippen molar-refractivity contribution in [2.24, 2.45) is 0 Å². The molecule has 0 atom stereocenters. The second-order valence-corrected chi connectivity index (χ2v) is 6.29. The summed E-state index contributed by atoms with van der Waals surface area (Å²) >= 11 is 0. The number of aromatic nitrogens is 4. The summed E-state index contributed by atoms with van der Waals surface area (Å²) in [5.41, 5.74) is 8.86.